The maximum atomic E-state index is 12.9. The summed E-state index contributed by atoms with van der Waals surface area (Å²) >= 11 is 0. The van der Waals surface area contributed by atoms with Gasteiger partial charge in [-0.2, -0.15) is 13.2 Å². The van der Waals surface area contributed by atoms with E-state index in [4.69, 9.17) is 9.90 Å². The molecule has 2 heterocycles. The van der Waals surface area contributed by atoms with Crippen molar-refractivity contribution in [1.29, 1.82) is 0 Å². The summed E-state index contributed by atoms with van der Waals surface area (Å²) in [5.41, 5.74) is 2.66. The number of benzene rings is 2. The van der Waals surface area contributed by atoms with Crippen molar-refractivity contribution in [3.05, 3.63) is 53.1 Å². The molecule has 0 aliphatic carbocycles. The van der Waals surface area contributed by atoms with Gasteiger partial charge < -0.3 is 20.0 Å². The molecule has 2 fully saturated rings. The zero-order valence-corrected chi connectivity index (χ0v) is 23.2. The molecule has 2 aromatic carbocycles. The molecule has 2 saturated heterocycles. The predicted molar refractivity (Wildman–Crippen MR) is 144 cm³/mol. The van der Waals surface area contributed by atoms with Gasteiger partial charge in [0.2, 0.25) is 0 Å². The summed E-state index contributed by atoms with van der Waals surface area (Å²) in [6.45, 7) is 8.67. The Bertz CT molecular complexity index is 1330. The summed E-state index contributed by atoms with van der Waals surface area (Å²) in [4.78, 5) is 25.8. The number of aromatic carboxylic acids is 1. The van der Waals surface area contributed by atoms with Crippen LogP contribution < -0.4 is 9.62 Å². The fourth-order valence-corrected chi connectivity index (χ4v) is 6.40. The lowest BCUT2D eigenvalue weighted by Crippen LogP contribution is -2.41. The van der Waals surface area contributed by atoms with E-state index in [1.807, 2.05) is 13.0 Å². The van der Waals surface area contributed by atoms with E-state index in [9.17, 15) is 31.5 Å². The lowest BCUT2D eigenvalue weighted by molar-refractivity contribution is -0.192. The summed E-state index contributed by atoms with van der Waals surface area (Å²) in [6, 6.07) is 9.97. The van der Waals surface area contributed by atoms with Crippen LogP contribution in [0.25, 0.3) is 0 Å². The molecule has 0 saturated carbocycles. The van der Waals surface area contributed by atoms with Crippen molar-refractivity contribution >= 4 is 33.3 Å². The fraction of sp³-hybridized carbons (Fsp3) is 0.481. The second-order valence-corrected chi connectivity index (χ2v) is 11.8. The molecular formula is C27H34F3N3O6S. The number of nitrogens with one attached hydrogen (secondary N) is 1. The number of halogens is 3. The highest BCUT2D eigenvalue weighted by Crippen LogP contribution is 2.31. The van der Waals surface area contributed by atoms with Gasteiger partial charge in [-0.15, -0.1) is 0 Å². The molecule has 220 valence electrons. The number of hydrogen-bond donors (Lipinski definition) is 3. The first-order valence-corrected chi connectivity index (χ1v) is 14.4. The standard InChI is InChI=1S/C25H33N3O4S.C2HF3O2/c1-18-7-10-24(19(2)14-18)33(31,32)26-21-8-9-23(22(15-21)25(29)30)28-13-5-6-20(17-28)16-27-11-3-4-12-27;3-2(4,5)1(6)7/h7-10,14-15,20,26H,3-6,11-13,16-17H2,1-2H3,(H,29,30);(H,6,7). The predicted octanol–water partition coefficient (Wildman–Crippen LogP) is 4.75. The Morgan fingerprint density at radius 2 is 1.65 bits per heavy atom. The fourth-order valence-electron chi connectivity index (χ4n) is 5.12. The molecule has 0 aromatic heterocycles. The molecule has 2 aromatic rings. The number of rotatable bonds is 7. The highest BCUT2D eigenvalue weighted by molar-refractivity contribution is 7.92. The molecule has 0 radical (unpaired) electrons. The number of aliphatic carboxylic acids is 1. The molecular weight excluding hydrogens is 551 g/mol. The minimum Gasteiger partial charge on any atom is -0.478 e. The molecule has 0 amide bonds. The first kappa shape index (κ1) is 31.2. The van der Waals surface area contributed by atoms with Crippen LogP contribution in [0.2, 0.25) is 0 Å². The first-order chi connectivity index (χ1) is 18.7. The molecule has 40 heavy (non-hydrogen) atoms. The van der Waals surface area contributed by atoms with Gasteiger partial charge in [0.15, 0.2) is 0 Å². The number of sulfonamides is 1. The van der Waals surface area contributed by atoms with Crippen LogP contribution in [0.4, 0.5) is 24.5 Å². The number of carbonyl (C=O) groups is 2. The SMILES string of the molecule is Cc1ccc(S(=O)(=O)Nc2ccc(N3CCCC(CN4CCCC4)C3)c(C(=O)O)c2)c(C)c1.O=C(O)C(F)(F)F. The average molecular weight is 586 g/mol. The highest BCUT2D eigenvalue weighted by Gasteiger charge is 2.38. The largest absolute Gasteiger partial charge is 0.490 e. The second kappa shape index (κ2) is 12.9. The molecule has 13 heteroatoms. The van der Waals surface area contributed by atoms with Crippen molar-refractivity contribution in [2.24, 2.45) is 5.92 Å². The number of nitrogens with zero attached hydrogens (tertiary/aromatic N) is 2. The Labute approximate surface area is 231 Å². The topological polar surface area (TPSA) is 127 Å². The van der Waals surface area contributed by atoms with E-state index in [0.717, 1.165) is 51.1 Å². The number of aryl methyl sites for hydroxylation is 2. The lowest BCUT2D eigenvalue weighted by Gasteiger charge is -2.36. The van der Waals surface area contributed by atoms with Crippen molar-refractivity contribution in [3.8, 4) is 0 Å². The monoisotopic (exact) mass is 585 g/mol. The normalized spacial score (nSPS) is 18.1. The number of carboxylic acid groups (broad SMARTS) is 2. The van der Waals surface area contributed by atoms with Crippen molar-refractivity contribution in [2.75, 3.05) is 42.3 Å². The first-order valence-electron chi connectivity index (χ1n) is 12.9. The van der Waals surface area contributed by atoms with Gasteiger partial charge in [-0.25, -0.2) is 18.0 Å². The van der Waals surface area contributed by atoms with E-state index >= 15 is 0 Å². The number of carboxylic acids is 2. The van der Waals surface area contributed by atoms with Gasteiger partial charge >= 0.3 is 18.1 Å². The molecule has 4 rings (SSSR count). The van der Waals surface area contributed by atoms with Gasteiger partial charge in [-0.1, -0.05) is 17.7 Å². The molecule has 0 spiro atoms. The van der Waals surface area contributed by atoms with Crippen LogP contribution >= 0.6 is 0 Å². The molecule has 2 aliphatic rings. The van der Waals surface area contributed by atoms with Crippen molar-refractivity contribution in [1.82, 2.24) is 4.90 Å². The van der Waals surface area contributed by atoms with E-state index < -0.39 is 28.1 Å². The van der Waals surface area contributed by atoms with Crippen molar-refractivity contribution in [3.63, 3.8) is 0 Å². The molecule has 9 nitrogen and oxygen atoms in total. The third-order valence-corrected chi connectivity index (χ3v) is 8.46. The van der Waals surface area contributed by atoms with E-state index in [1.54, 1.807) is 31.2 Å². The van der Waals surface area contributed by atoms with Crippen LogP contribution in [0, 0.1) is 19.8 Å². The number of likely N-dealkylation sites (tertiary alicyclic amines) is 1. The summed E-state index contributed by atoms with van der Waals surface area (Å²) < 4.78 is 60.2. The smallest absolute Gasteiger partial charge is 0.478 e. The van der Waals surface area contributed by atoms with E-state index in [1.165, 1.54) is 18.9 Å². The van der Waals surface area contributed by atoms with Crippen LogP contribution in [-0.4, -0.2) is 74.4 Å². The van der Waals surface area contributed by atoms with Gasteiger partial charge in [-0.05, 0) is 88.4 Å². The molecule has 1 atom stereocenters. The van der Waals surface area contributed by atoms with Crippen LogP contribution in [0.5, 0.6) is 0 Å². The molecule has 0 bridgehead atoms. The highest BCUT2D eigenvalue weighted by atomic mass is 32.2. The van der Waals surface area contributed by atoms with Gasteiger partial charge in [0, 0.05) is 25.3 Å². The Morgan fingerprint density at radius 1 is 1.00 bits per heavy atom. The van der Waals surface area contributed by atoms with Gasteiger partial charge in [0.1, 0.15) is 0 Å². The lowest BCUT2D eigenvalue weighted by atomic mass is 9.96. The second-order valence-electron chi connectivity index (χ2n) is 10.2. The Morgan fingerprint density at radius 3 is 2.23 bits per heavy atom. The Balaban J connectivity index is 0.000000559. The van der Waals surface area contributed by atoms with Crippen LogP contribution in [0.1, 0.15) is 47.2 Å². The third kappa shape index (κ3) is 8.34. The minimum atomic E-state index is -5.08. The number of alkyl halides is 3. The summed E-state index contributed by atoms with van der Waals surface area (Å²) in [6.07, 6.45) is -0.375. The maximum absolute atomic E-state index is 12.9. The number of hydrogen-bond acceptors (Lipinski definition) is 6. The van der Waals surface area contributed by atoms with Crippen LogP contribution in [0.3, 0.4) is 0 Å². The van der Waals surface area contributed by atoms with Gasteiger partial charge in [-0.3, -0.25) is 4.72 Å². The molecule has 2 aliphatic heterocycles. The van der Waals surface area contributed by atoms with Crippen molar-refractivity contribution in [2.45, 2.75) is 50.6 Å². The van der Waals surface area contributed by atoms with E-state index in [2.05, 4.69) is 14.5 Å². The quantitative estimate of drug-likeness (QED) is 0.425. The summed E-state index contributed by atoms with van der Waals surface area (Å²) in [7, 11) is -3.83. The maximum Gasteiger partial charge on any atom is 0.490 e. The third-order valence-electron chi connectivity index (χ3n) is 6.92. The molecule has 3 N–H and O–H groups in total. The number of piperidine rings is 1. The molecule has 1 unspecified atom stereocenters. The summed E-state index contributed by atoms with van der Waals surface area (Å²) in [5, 5.41) is 17.0. The Kier molecular flexibility index (Phi) is 10.1. The zero-order valence-electron chi connectivity index (χ0n) is 22.4. The Hall–Kier alpha value is -3.32. The summed E-state index contributed by atoms with van der Waals surface area (Å²) in [5.74, 6) is -3.30. The minimum absolute atomic E-state index is 0.123. The average Bonchev–Trinajstić information content (AvgIpc) is 3.36. The number of anilines is 2. The van der Waals surface area contributed by atoms with Gasteiger partial charge in [0.25, 0.3) is 10.0 Å². The van der Waals surface area contributed by atoms with Crippen molar-refractivity contribution < 1.29 is 41.4 Å². The van der Waals surface area contributed by atoms with Crippen LogP contribution in [-0.2, 0) is 14.8 Å². The van der Waals surface area contributed by atoms with E-state index in [-0.39, 0.29) is 16.1 Å². The van der Waals surface area contributed by atoms with Gasteiger partial charge in [0.05, 0.1) is 16.1 Å². The van der Waals surface area contributed by atoms with Crippen LogP contribution in [0.15, 0.2) is 41.3 Å². The van der Waals surface area contributed by atoms with E-state index in [0.29, 0.717) is 17.2 Å². The zero-order chi connectivity index (χ0) is 29.7.